The molecule has 0 unspecified atom stereocenters. The van der Waals surface area contributed by atoms with Crippen molar-refractivity contribution in [2.24, 2.45) is 5.92 Å². The molecule has 2 aromatic rings. The van der Waals surface area contributed by atoms with Gasteiger partial charge < -0.3 is 10.2 Å². The summed E-state index contributed by atoms with van der Waals surface area (Å²) in [6.45, 7) is 5.11. The van der Waals surface area contributed by atoms with Crippen LogP contribution in [0.3, 0.4) is 0 Å². The number of aryl methyl sites for hydroxylation is 1. The lowest BCUT2D eigenvalue weighted by Gasteiger charge is -2.30. The van der Waals surface area contributed by atoms with E-state index in [1.54, 1.807) is 4.90 Å². The van der Waals surface area contributed by atoms with Gasteiger partial charge in [0.15, 0.2) is 0 Å². The monoisotopic (exact) mass is 350 g/mol. The first kappa shape index (κ1) is 18.2. The van der Waals surface area contributed by atoms with Gasteiger partial charge in [-0.3, -0.25) is 9.59 Å². The minimum absolute atomic E-state index is 0.0428. The molecule has 1 aliphatic heterocycles. The van der Waals surface area contributed by atoms with Crippen LogP contribution in [0.25, 0.3) is 0 Å². The minimum atomic E-state index is -0.438. The van der Waals surface area contributed by atoms with Crippen molar-refractivity contribution in [3.63, 3.8) is 0 Å². The van der Waals surface area contributed by atoms with E-state index in [1.165, 1.54) is 5.56 Å². The summed E-state index contributed by atoms with van der Waals surface area (Å²) in [7, 11) is 0. The third-order valence-corrected chi connectivity index (χ3v) is 4.87. The zero-order valence-corrected chi connectivity index (χ0v) is 15.4. The molecule has 0 fully saturated rings. The number of nitrogens with zero attached hydrogens (tertiary/aromatic N) is 1. The predicted octanol–water partition coefficient (Wildman–Crippen LogP) is 3.42. The number of fused-ring (bicyclic) bond motifs is 1. The Morgan fingerprint density at radius 3 is 2.46 bits per heavy atom. The molecule has 0 bridgehead atoms. The highest BCUT2D eigenvalue weighted by Crippen LogP contribution is 2.27. The maximum absolute atomic E-state index is 12.8. The number of nitrogens with one attached hydrogen (secondary N) is 1. The van der Waals surface area contributed by atoms with E-state index in [0.717, 1.165) is 24.0 Å². The van der Waals surface area contributed by atoms with Gasteiger partial charge >= 0.3 is 0 Å². The standard InChI is InChI=1S/C22H26N2O2/c1-16(2)20(24-15-18-12-6-7-13-19(18)22(24)26)21(25)23-14-8-11-17-9-4-3-5-10-17/h3-7,9-10,12-13,16,20H,8,11,14-15H2,1-2H3,(H,23,25)/t20-/m0/s1. The van der Waals surface area contributed by atoms with Crippen molar-refractivity contribution in [2.45, 2.75) is 39.3 Å². The molecule has 0 aromatic heterocycles. The van der Waals surface area contributed by atoms with E-state index in [2.05, 4.69) is 17.4 Å². The van der Waals surface area contributed by atoms with Gasteiger partial charge in [-0.2, -0.15) is 0 Å². The van der Waals surface area contributed by atoms with E-state index in [4.69, 9.17) is 0 Å². The fourth-order valence-corrected chi connectivity index (χ4v) is 3.56. The molecule has 0 spiro atoms. The van der Waals surface area contributed by atoms with Gasteiger partial charge in [0.2, 0.25) is 5.91 Å². The molecule has 4 heteroatoms. The second-order valence-electron chi connectivity index (χ2n) is 7.16. The summed E-state index contributed by atoms with van der Waals surface area (Å²) in [5, 5.41) is 3.03. The smallest absolute Gasteiger partial charge is 0.255 e. The van der Waals surface area contributed by atoms with E-state index < -0.39 is 6.04 Å². The Kier molecular flexibility index (Phi) is 5.71. The summed E-state index contributed by atoms with van der Waals surface area (Å²) in [5.74, 6) is -0.0460. The van der Waals surface area contributed by atoms with Crippen LogP contribution in [-0.2, 0) is 17.8 Å². The van der Waals surface area contributed by atoms with Gasteiger partial charge in [-0.1, -0.05) is 62.4 Å². The normalized spacial score (nSPS) is 14.4. The number of carbonyl (C=O) groups excluding carboxylic acids is 2. The van der Waals surface area contributed by atoms with Gasteiger partial charge in [0, 0.05) is 18.7 Å². The molecule has 136 valence electrons. The highest BCUT2D eigenvalue weighted by atomic mass is 16.2. The zero-order chi connectivity index (χ0) is 18.5. The average Bonchev–Trinajstić information content (AvgIpc) is 2.96. The van der Waals surface area contributed by atoms with Crippen molar-refractivity contribution in [1.82, 2.24) is 10.2 Å². The minimum Gasteiger partial charge on any atom is -0.354 e. The maximum atomic E-state index is 12.8. The molecule has 26 heavy (non-hydrogen) atoms. The van der Waals surface area contributed by atoms with Crippen LogP contribution in [0.5, 0.6) is 0 Å². The van der Waals surface area contributed by atoms with Gasteiger partial charge in [0.25, 0.3) is 5.91 Å². The van der Waals surface area contributed by atoms with Crippen molar-refractivity contribution in [3.05, 3.63) is 71.3 Å². The molecule has 1 aliphatic rings. The SMILES string of the molecule is CC(C)[C@@H](C(=O)NCCCc1ccccc1)N1Cc2ccccc2C1=O. The highest BCUT2D eigenvalue weighted by molar-refractivity contribution is 6.01. The summed E-state index contributed by atoms with van der Waals surface area (Å²) in [6, 6.07) is 17.4. The third kappa shape index (κ3) is 3.96. The number of hydrogen-bond acceptors (Lipinski definition) is 2. The second kappa shape index (κ2) is 8.17. The Labute approximate surface area is 155 Å². The lowest BCUT2D eigenvalue weighted by Crippen LogP contribution is -2.50. The summed E-state index contributed by atoms with van der Waals surface area (Å²) in [5.41, 5.74) is 2.99. The van der Waals surface area contributed by atoms with E-state index >= 15 is 0 Å². The highest BCUT2D eigenvalue weighted by Gasteiger charge is 2.37. The molecule has 1 heterocycles. The van der Waals surface area contributed by atoms with Crippen molar-refractivity contribution < 1.29 is 9.59 Å². The molecule has 0 aliphatic carbocycles. The van der Waals surface area contributed by atoms with Gasteiger partial charge in [0.05, 0.1) is 0 Å². The van der Waals surface area contributed by atoms with Crippen LogP contribution in [0.15, 0.2) is 54.6 Å². The summed E-state index contributed by atoms with van der Waals surface area (Å²) in [6.07, 6.45) is 1.82. The Morgan fingerprint density at radius 2 is 1.77 bits per heavy atom. The van der Waals surface area contributed by atoms with Crippen molar-refractivity contribution >= 4 is 11.8 Å². The fraction of sp³-hybridized carbons (Fsp3) is 0.364. The first-order valence-electron chi connectivity index (χ1n) is 9.28. The van der Waals surface area contributed by atoms with E-state index in [9.17, 15) is 9.59 Å². The van der Waals surface area contributed by atoms with Gasteiger partial charge in [-0.15, -0.1) is 0 Å². The lowest BCUT2D eigenvalue weighted by atomic mass is 10.0. The fourth-order valence-electron chi connectivity index (χ4n) is 3.56. The van der Waals surface area contributed by atoms with Crippen LogP contribution in [0.1, 0.15) is 41.8 Å². The number of amides is 2. The Balaban J connectivity index is 1.58. The van der Waals surface area contributed by atoms with Crippen LogP contribution in [0.2, 0.25) is 0 Å². The molecule has 3 rings (SSSR count). The lowest BCUT2D eigenvalue weighted by molar-refractivity contribution is -0.127. The van der Waals surface area contributed by atoms with Crippen molar-refractivity contribution in [3.8, 4) is 0 Å². The molecule has 4 nitrogen and oxygen atoms in total. The van der Waals surface area contributed by atoms with Crippen LogP contribution in [0, 0.1) is 5.92 Å². The first-order valence-corrected chi connectivity index (χ1v) is 9.28. The molecular weight excluding hydrogens is 324 g/mol. The van der Waals surface area contributed by atoms with Gasteiger partial charge in [0.1, 0.15) is 6.04 Å². The molecule has 1 atom stereocenters. The van der Waals surface area contributed by atoms with Gasteiger partial charge in [-0.05, 0) is 36.0 Å². The van der Waals surface area contributed by atoms with Crippen LogP contribution >= 0.6 is 0 Å². The Morgan fingerprint density at radius 1 is 1.08 bits per heavy atom. The topological polar surface area (TPSA) is 49.4 Å². The zero-order valence-electron chi connectivity index (χ0n) is 15.4. The van der Waals surface area contributed by atoms with E-state index in [1.807, 2.05) is 56.3 Å². The Hall–Kier alpha value is -2.62. The van der Waals surface area contributed by atoms with Crippen molar-refractivity contribution in [2.75, 3.05) is 6.54 Å². The van der Waals surface area contributed by atoms with Gasteiger partial charge in [-0.25, -0.2) is 0 Å². The number of benzene rings is 2. The molecule has 1 N–H and O–H groups in total. The quantitative estimate of drug-likeness (QED) is 0.778. The molecule has 0 saturated heterocycles. The van der Waals surface area contributed by atoms with E-state index in [0.29, 0.717) is 13.1 Å². The number of hydrogen-bond donors (Lipinski definition) is 1. The first-order chi connectivity index (χ1) is 12.6. The van der Waals surface area contributed by atoms with Crippen LogP contribution in [0.4, 0.5) is 0 Å². The van der Waals surface area contributed by atoms with Crippen LogP contribution < -0.4 is 5.32 Å². The molecular formula is C22H26N2O2. The number of rotatable bonds is 7. The second-order valence-corrected chi connectivity index (χ2v) is 7.16. The Bertz CT molecular complexity index is 771. The largest absolute Gasteiger partial charge is 0.354 e. The average molecular weight is 350 g/mol. The molecule has 2 amide bonds. The third-order valence-electron chi connectivity index (χ3n) is 4.87. The van der Waals surface area contributed by atoms with Crippen molar-refractivity contribution in [1.29, 1.82) is 0 Å². The van der Waals surface area contributed by atoms with E-state index in [-0.39, 0.29) is 17.7 Å². The summed E-state index contributed by atoms with van der Waals surface area (Å²) < 4.78 is 0. The molecule has 0 radical (unpaired) electrons. The summed E-state index contributed by atoms with van der Waals surface area (Å²) >= 11 is 0. The number of carbonyl (C=O) groups is 2. The molecule has 2 aromatic carbocycles. The van der Waals surface area contributed by atoms with Crippen LogP contribution in [-0.4, -0.2) is 29.3 Å². The predicted molar refractivity (Wildman–Crippen MR) is 103 cm³/mol. The maximum Gasteiger partial charge on any atom is 0.255 e. The molecule has 0 saturated carbocycles. The summed E-state index contributed by atoms with van der Waals surface area (Å²) in [4.78, 5) is 27.2.